The SMILES string of the molecule is C=C(Nc1ccc(C(=O)N2CCC3CCCCC3C2)c(C)c1)OCCCCCC. The van der Waals surface area contributed by atoms with Gasteiger partial charge < -0.3 is 15.0 Å². The van der Waals surface area contributed by atoms with Crippen molar-refractivity contribution in [1.29, 1.82) is 0 Å². The zero-order valence-electron chi connectivity index (χ0n) is 18.3. The first kappa shape index (κ1) is 21.7. The van der Waals surface area contributed by atoms with Gasteiger partial charge in [-0.3, -0.25) is 4.79 Å². The Morgan fingerprint density at radius 1 is 1.17 bits per heavy atom. The largest absolute Gasteiger partial charge is 0.479 e. The second-order valence-corrected chi connectivity index (χ2v) is 8.83. The Morgan fingerprint density at radius 3 is 2.72 bits per heavy atom. The molecule has 2 unspecified atom stereocenters. The summed E-state index contributed by atoms with van der Waals surface area (Å²) in [7, 11) is 0. The molecule has 2 atom stereocenters. The van der Waals surface area contributed by atoms with Crippen LogP contribution in [0.5, 0.6) is 0 Å². The minimum Gasteiger partial charge on any atom is -0.479 e. The lowest BCUT2D eigenvalue weighted by atomic mass is 9.75. The van der Waals surface area contributed by atoms with Crippen molar-refractivity contribution < 1.29 is 9.53 Å². The van der Waals surface area contributed by atoms with Crippen LogP contribution < -0.4 is 5.32 Å². The molecule has 1 saturated heterocycles. The zero-order valence-corrected chi connectivity index (χ0v) is 18.3. The maximum absolute atomic E-state index is 13.1. The van der Waals surface area contributed by atoms with Crippen LogP contribution in [0.3, 0.4) is 0 Å². The van der Waals surface area contributed by atoms with Gasteiger partial charge in [0.15, 0.2) is 5.88 Å². The van der Waals surface area contributed by atoms with Crippen LogP contribution in [0.15, 0.2) is 30.7 Å². The summed E-state index contributed by atoms with van der Waals surface area (Å²) in [5.41, 5.74) is 2.74. The number of carbonyl (C=O) groups excluding carboxylic acids is 1. The number of piperidine rings is 1. The highest BCUT2D eigenvalue weighted by atomic mass is 16.5. The van der Waals surface area contributed by atoms with E-state index in [0.717, 1.165) is 42.2 Å². The number of carbonyl (C=O) groups is 1. The molecule has 0 spiro atoms. The summed E-state index contributed by atoms with van der Waals surface area (Å²) in [6.45, 7) is 10.7. The first-order valence-electron chi connectivity index (χ1n) is 11.6. The molecule has 1 aliphatic carbocycles. The molecule has 0 radical (unpaired) electrons. The number of unbranched alkanes of at least 4 members (excludes halogenated alkanes) is 3. The van der Waals surface area contributed by atoms with Gasteiger partial charge in [-0.25, -0.2) is 0 Å². The number of amides is 1. The first-order valence-corrected chi connectivity index (χ1v) is 11.6. The fourth-order valence-corrected chi connectivity index (χ4v) is 4.86. The van der Waals surface area contributed by atoms with Crippen molar-refractivity contribution in [2.75, 3.05) is 25.0 Å². The summed E-state index contributed by atoms with van der Waals surface area (Å²) in [6.07, 6.45) is 11.2. The molecule has 160 valence electrons. The molecule has 4 heteroatoms. The van der Waals surface area contributed by atoms with Crippen molar-refractivity contribution in [2.24, 2.45) is 11.8 Å². The summed E-state index contributed by atoms with van der Waals surface area (Å²) in [6, 6.07) is 5.92. The third-order valence-corrected chi connectivity index (χ3v) is 6.59. The Labute approximate surface area is 176 Å². The smallest absolute Gasteiger partial charge is 0.254 e. The Hall–Kier alpha value is -1.97. The number of fused-ring (bicyclic) bond motifs is 1. The van der Waals surface area contributed by atoms with Crippen LogP contribution in [0.4, 0.5) is 5.69 Å². The fourth-order valence-electron chi connectivity index (χ4n) is 4.86. The molecule has 1 N–H and O–H groups in total. The van der Waals surface area contributed by atoms with Crippen LogP contribution in [-0.4, -0.2) is 30.5 Å². The zero-order chi connectivity index (χ0) is 20.6. The average Bonchev–Trinajstić information content (AvgIpc) is 2.73. The molecule has 1 heterocycles. The number of likely N-dealkylation sites (tertiary alicyclic amines) is 1. The van der Waals surface area contributed by atoms with E-state index in [2.05, 4.69) is 23.7 Å². The van der Waals surface area contributed by atoms with Crippen molar-refractivity contribution in [3.63, 3.8) is 0 Å². The van der Waals surface area contributed by atoms with Crippen LogP contribution >= 0.6 is 0 Å². The van der Waals surface area contributed by atoms with Crippen molar-refractivity contribution in [3.05, 3.63) is 41.8 Å². The predicted molar refractivity (Wildman–Crippen MR) is 120 cm³/mol. The summed E-state index contributed by atoms with van der Waals surface area (Å²) in [4.78, 5) is 15.2. The normalized spacial score (nSPS) is 21.4. The summed E-state index contributed by atoms with van der Waals surface area (Å²) < 4.78 is 5.67. The molecule has 3 rings (SSSR count). The molecule has 1 aliphatic heterocycles. The van der Waals surface area contributed by atoms with Crippen molar-refractivity contribution >= 4 is 11.6 Å². The van der Waals surface area contributed by atoms with E-state index in [9.17, 15) is 4.79 Å². The van der Waals surface area contributed by atoms with Gasteiger partial charge in [-0.05, 0) is 68.4 Å². The standard InChI is InChI=1S/C25H38N2O2/c1-4-5-6-9-16-29-20(3)26-23-12-13-24(19(2)17-23)25(28)27-15-14-21-10-7-8-11-22(21)18-27/h12-13,17,21-22,26H,3-11,14-16,18H2,1-2H3. The van der Waals surface area contributed by atoms with Gasteiger partial charge in [-0.2, -0.15) is 0 Å². The van der Waals surface area contributed by atoms with Gasteiger partial charge in [0, 0.05) is 24.3 Å². The van der Waals surface area contributed by atoms with E-state index in [1.54, 1.807) is 0 Å². The predicted octanol–water partition coefficient (Wildman–Crippen LogP) is 6.13. The molecule has 29 heavy (non-hydrogen) atoms. The Balaban J connectivity index is 1.52. The number of ether oxygens (including phenoxy) is 1. The van der Waals surface area contributed by atoms with Gasteiger partial charge in [-0.15, -0.1) is 0 Å². The van der Waals surface area contributed by atoms with Crippen LogP contribution in [0.25, 0.3) is 0 Å². The summed E-state index contributed by atoms with van der Waals surface area (Å²) >= 11 is 0. The van der Waals surface area contributed by atoms with Crippen LogP contribution in [0.2, 0.25) is 0 Å². The monoisotopic (exact) mass is 398 g/mol. The van der Waals surface area contributed by atoms with E-state index in [1.165, 1.54) is 51.4 Å². The second-order valence-electron chi connectivity index (χ2n) is 8.83. The van der Waals surface area contributed by atoms with Crippen LogP contribution in [0.1, 0.15) is 80.6 Å². The van der Waals surface area contributed by atoms with E-state index < -0.39 is 0 Å². The molecule has 1 saturated carbocycles. The Kier molecular flexibility index (Phi) is 8.02. The lowest BCUT2D eigenvalue weighted by Crippen LogP contribution is -2.44. The van der Waals surface area contributed by atoms with Crippen LogP contribution in [0, 0.1) is 18.8 Å². The van der Waals surface area contributed by atoms with E-state index in [1.807, 2.05) is 25.1 Å². The molecular formula is C25H38N2O2. The van der Waals surface area contributed by atoms with Crippen molar-refractivity contribution in [3.8, 4) is 0 Å². The minimum atomic E-state index is 0.184. The van der Waals surface area contributed by atoms with Crippen molar-refractivity contribution in [2.45, 2.75) is 71.6 Å². The molecule has 2 aliphatic rings. The quantitative estimate of drug-likeness (QED) is 0.402. The topological polar surface area (TPSA) is 41.6 Å². The van der Waals surface area contributed by atoms with E-state index in [4.69, 9.17) is 4.74 Å². The molecule has 1 aromatic rings. The molecule has 0 bridgehead atoms. The third-order valence-electron chi connectivity index (χ3n) is 6.59. The van der Waals surface area contributed by atoms with Gasteiger partial charge in [0.2, 0.25) is 0 Å². The number of aryl methyl sites for hydroxylation is 1. The van der Waals surface area contributed by atoms with Crippen molar-refractivity contribution in [1.82, 2.24) is 4.90 Å². The molecular weight excluding hydrogens is 360 g/mol. The van der Waals surface area contributed by atoms with E-state index in [-0.39, 0.29) is 5.91 Å². The number of nitrogens with one attached hydrogen (secondary N) is 1. The summed E-state index contributed by atoms with van der Waals surface area (Å²) in [5.74, 6) is 2.30. The average molecular weight is 399 g/mol. The second kappa shape index (κ2) is 10.7. The van der Waals surface area contributed by atoms with Gasteiger partial charge >= 0.3 is 0 Å². The fraction of sp³-hybridized carbons (Fsp3) is 0.640. The first-order chi connectivity index (χ1) is 14.1. The minimum absolute atomic E-state index is 0.184. The number of rotatable bonds is 9. The lowest BCUT2D eigenvalue weighted by Gasteiger charge is -2.41. The maximum Gasteiger partial charge on any atom is 0.254 e. The molecule has 1 aromatic carbocycles. The van der Waals surface area contributed by atoms with Gasteiger partial charge in [0.1, 0.15) is 0 Å². The Bertz CT molecular complexity index is 700. The summed E-state index contributed by atoms with van der Waals surface area (Å²) in [5, 5.41) is 3.21. The molecule has 2 fully saturated rings. The number of benzene rings is 1. The Morgan fingerprint density at radius 2 is 1.97 bits per heavy atom. The molecule has 4 nitrogen and oxygen atoms in total. The molecule has 1 amide bonds. The van der Waals surface area contributed by atoms with E-state index >= 15 is 0 Å². The third kappa shape index (κ3) is 6.01. The molecule has 0 aromatic heterocycles. The maximum atomic E-state index is 13.1. The number of hydrogen-bond acceptors (Lipinski definition) is 3. The lowest BCUT2D eigenvalue weighted by molar-refractivity contribution is 0.0520. The van der Waals surface area contributed by atoms with E-state index in [0.29, 0.717) is 18.4 Å². The number of hydrogen-bond donors (Lipinski definition) is 1. The van der Waals surface area contributed by atoms with Crippen LogP contribution in [-0.2, 0) is 4.74 Å². The van der Waals surface area contributed by atoms with Gasteiger partial charge in [0.25, 0.3) is 5.91 Å². The number of anilines is 1. The highest BCUT2D eigenvalue weighted by molar-refractivity contribution is 5.96. The van der Waals surface area contributed by atoms with Gasteiger partial charge in [-0.1, -0.05) is 45.4 Å². The number of nitrogens with zero attached hydrogens (tertiary/aromatic N) is 1. The highest BCUT2D eigenvalue weighted by Gasteiger charge is 2.33. The highest BCUT2D eigenvalue weighted by Crippen LogP contribution is 2.36. The van der Waals surface area contributed by atoms with Gasteiger partial charge in [0.05, 0.1) is 6.61 Å².